The minimum absolute atomic E-state index is 0.105. The number of hydrogen-bond donors (Lipinski definition) is 1. The molecule has 1 aliphatic rings. The number of hydrogen-bond acceptors (Lipinski definition) is 3. The molecule has 0 spiro atoms. The molecular formula is C8H9IN2OS. The predicted octanol–water partition coefficient (Wildman–Crippen LogP) is 1.94. The zero-order valence-electron chi connectivity index (χ0n) is 7.30. The van der Waals surface area contributed by atoms with Crippen molar-refractivity contribution < 1.29 is 4.79 Å². The molecule has 0 aromatic carbocycles. The number of rotatable bonds is 1. The number of halogens is 1. The number of thiazole rings is 1. The van der Waals surface area contributed by atoms with Crippen molar-refractivity contribution in [2.24, 2.45) is 5.41 Å². The van der Waals surface area contributed by atoms with Gasteiger partial charge in [0, 0.05) is 0 Å². The van der Waals surface area contributed by atoms with Gasteiger partial charge in [-0.1, -0.05) is 0 Å². The van der Waals surface area contributed by atoms with Gasteiger partial charge in [-0.15, -0.1) is 11.3 Å². The van der Waals surface area contributed by atoms with E-state index in [0.29, 0.717) is 0 Å². The highest BCUT2D eigenvalue weighted by atomic mass is 127. The van der Waals surface area contributed by atoms with Gasteiger partial charge in [0.25, 0.3) is 0 Å². The smallest absolute Gasteiger partial charge is 0.228 e. The van der Waals surface area contributed by atoms with Gasteiger partial charge < -0.3 is 5.32 Å². The second-order valence-electron chi connectivity index (χ2n) is 3.63. The van der Waals surface area contributed by atoms with Crippen LogP contribution in [0.5, 0.6) is 0 Å². The van der Waals surface area contributed by atoms with Gasteiger partial charge >= 0.3 is 0 Å². The Morgan fingerprint density at radius 1 is 1.69 bits per heavy atom. The van der Waals surface area contributed by atoms with Gasteiger partial charge in [-0.2, -0.15) is 0 Å². The molecule has 1 saturated heterocycles. The summed E-state index contributed by atoms with van der Waals surface area (Å²) in [6.07, 6.45) is 1.83. The van der Waals surface area contributed by atoms with Crippen molar-refractivity contribution in [2.75, 3.05) is 0 Å². The largest absolute Gasteiger partial charge is 0.345 e. The molecule has 1 aliphatic heterocycles. The minimum Gasteiger partial charge on any atom is -0.345 e. The van der Waals surface area contributed by atoms with Gasteiger partial charge in [-0.05, 0) is 36.4 Å². The summed E-state index contributed by atoms with van der Waals surface area (Å²) < 4.78 is 1.16. The monoisotopic (exact) mass is 308 g/mol. The summed E-state index contributed by atoms with van der Waals surface area (Å²) >= 11 is 3.87. The van der Waals surface area contributed by atoms with Crippen LogP contribution in [0.25, 0.3) is 0 Å². The molecule has 1 N–H and O–H groups in total. The van der Waals surface area contributed by atoms with Crippen LogP contribution >= 0.6 is 33.9 Å². The first-order valence-corrected chi connectivity index (χ1v) is 5.83. The van der Waals surface area contributed by atoms with Crippen molar-refractivity contribution in [1.29, 1.82) is 0 Å². The van der Waals surface area contributed by atoms with E-state index in [1.54, 1.807) is 11.3 Å². The molecule has 0 radical (unpaired) electrons. The Labute approximate surface area is 94.1 Å². The maximum atomic E-state index is 11.2. The van der Waals surface area contributed by atoms with E-state index in [1.807, 2.05) is 20.0 Å². The summed E-state index contributed by atoms with van der Waals surface area (Å²) in [6, 6.07) is 0.105. The molecule has 1 unspecified atom stereocenters. The molecule has 1 atom stereocenters. The highest BCUT2D eigenvalue weighted by Gasteiger charge is 2.49. The second-order valence-corrected chi connectivity index (χ2v) is 6.59. The Balaban J connectivity index is 2.26. The van der Waals surface area contributed by atoms with Crippen molar-refractivity contribution in [2.45, 2.75) is 19.9 Å². The fraction of sp³-hybridized carbons (Fsp3) is 0.500. The van der Waals surface area contributed by atoms with Gasteiger partial charge in [0.15, 0.2) is 0 Å². The summed E-state index contributed by atoms with van der Waals surface area (Å²) in [5.41, 5.74) is -0.291. The van der Waals surface area contributed by atoms with E-state index in [-0.39, 0.29) is 17.4 Å². The van der Waals surface area contributed by atoms with Crippen LogP contribution in [0.3, 0.4) is 0 Å². The second kappa shape index (κ2) is 2.91. The van der Waals surface area contributed by atoms with Crippen LogP contribution < -0.4 is 5.32 Å². The molecule has 1 aromatic heterocycles. The van der Waals surface area contributed by atoms with Crippen molar-refractivity contribution in [3.63, 3.8) is 0 Å². The molecule has 1 amide bonds. The molecule has 1 aromatic rings. The molecule has 0 aliphatic carbocycles. The van der Waals surface area contributed by atoms with Crippen molar-refractivity contribution >= 4 is 39.8 Å². The SMILES string of the molecule is CC1(C)C(=O)NC1c1ncc(I)s1. The molecule has 5 heteroatoms. The van der Waals surface area contributed by atoms with Crippen molar-refractivity contribution in [1.82, 2.24) is 10.3 Å². The average molecular weight is 308 g/mol. The first kappa shape index (κ1) is 9.39. The number of nitrogens with zero attached hydrogens (tertiary/aromatic N) is 1. The third-order valence-electron chi connectivity index (χ3n) is 2.32. The average Bonchev–Trinajstić information content (AvgIpc) is 2.47. The number of β-lactam (4-membered cyclic amide) rings is 1. The molecule has 70 valence electrons. The number of carbonyl (C=O) groups is 1. The van der Waals surface area contributed by atoms with Crippen LogP contribution in [0.1, 0.15) is 24.9 Å². The molecular weight excluding hydrogens is 299 g/mol. The van der Waals surface area contributed by atoms with E-state index in [9.17, 15) is 4.79 Å². The minimum atomic E-state index is -0.291. The maximum absolute atomic E-state index is 11.2. The molecule has 2 heterocycles. The quantitative estimate of drug-likeness (QED) is 0.636. The highest BCUT2D eigenvalue weighted by molar-refractivity contribution is 14.1. The zero-order valence-corrected chi connectivity index (χ0v) is 10.3. The number of amides is 1. The zero-order chi connectivity index (χ0) is 9.64. The van der Waals surface area contributed by atoms with E-state index in [2.05, 4.69) is 32.9 Å². The van der Waals surface area contributed by atoms with E-state index < -0.39 is 0 Å². The summed E-state index contributed by atoms with van der Waals surface area (Å²) in [5, 5.41) is 3.88. The molecule has 2 rings (SSSR count). The first-order valence-electron chi connectivity index (χ1n) is 3.94. The third-order valence-corrected chi connectivity index (χ3v) is 4.11. The standard InChI is InChI=1S/C8H9IN2OS/c1-8(2)5(11-7(8)12)6-10-3-4(9)13-6/h3,5H,1-2H3,(H,11,12). The lowest BCUT2D eigenvalue weighted by Gasteiger charge is -2.42. The van der Waals surface area contributed by atoms with Crippen LogP contribution in [0.2, 0.25) is 0 Å². The van der Waals surface area contributed by atoms with Gasteiger partial charge in [0.05, 0.1) is 20.5 Å². The lowest BCUT2D eigenvalue weighted by Crippen LogP contribution is -2.57. The van der Waals surface area contributed by atoms with E-state index in [1.165, 1.54) is 0 Å². The van der Waals surface area contributed by atoms with Gasteiger partial charge in [0.2, 0.25) is 5.91 Å². The van der Waals surface area contributed by atoms with Gasteiger partial charge in [0.1, 0.15) is 5.01 Å². The van der Waals surface area contributed by atoms with Crippen molar-refractivity contribution in [3.05, 3.63) is 14.1 Å². The van der Waals surface area contributed by atoms with Crippen LogP contribution in [-0.4, -0.2) is 10.9 Å². The number of carbonyl (C=O) groups excluding carboxylic acids is 1. The third kappa shape index (κ3) is 1.38. The van der Waals surface area contributed by atoms with Crippen LogP contribution in [0.15, 0.2) is 6.20 Å². The Kier molecular flexibility index (Phi) is 2.10. The summed E-state index contributed by atoms with van der Waals surface area (Å²) in [4.78, 5) is 15.5. The fourth-order valence-electron chi connectivity index (χ4n) is 1.32. The Hall–Kier alpha value is -0.170. The van der Waals surface area contributed by atoms with E-state index >= 15 is 0 Å². The normalized spacial score (nSPS) is 25.2. The van der Waals surface area contributed by atoms with Crippen molar-refractivity contribution in [3.8, 4) is 0 Å². The predicted molar refractivity (Wildman–Crippen MR) is 59.5 cm³/mol. The van der Waals surface area contributed by atoms with Gasteiger partial charge in [-0.3, -0.25) is 4.79 Å². The molecule has 13 heavy (non-hydrogen) atoms. The lowest BCUT2D eigenvalue weighted by molar-refractivity contribution is -0.143. The Morgan fingerprint density at radius 3 is 2.77 bits per heavy atom. The molecule has 0 bridgehead atoms. The van der Waals surface area contributed by atoms with Crippen LogP contribution in [-0.2, 0) is 4.79 Å². The fourth-order valence-corrected chi connectivity index (χ4v) is 3.02. The highest BCUT2D eigenvalue weighted by Crippen LogP contribution is 2.42. The molecule has 3 nitrogen and oxygen atoms in total. The van der Waals surface area contributed by atoms with Crippen LogP contribution in [0.4, 0.5) is 0 Å². The lowest BCUT2D eigenvalue weighted by atomic mass is 9.76. The topological polar surface area (TPSA) is 42.0 Å². The Morgan fingerprint density at radius 2 is 2.38 bits per heavy atom. The van der Waals surface area contributed by atoms with Crippen LogP contribution in [0, 0.1) is 8.30 Å². The first-order chi connectivity index (χ1) is 6.01. The Bertz CT molecular complexity index is 361. The van der Waals surface area contributed by atoms with E-state index in [4.69, 9.17) is 0 Å². The molecule has 1 fully saturated rings. The van der Waals surface area contributed by atoms with Gasteiger partial charge in [-0.25, -0.2) is 4.98 Å². The number of nitrogens with one attached hydrogen (secondary N) is 1. The number of aromatic nitrogens is 1. The summed E-state index contributed by atoms with van der Waals surface area (Å²) in [5.74, 6) is 0.114. The summed E-state index contributed by atoms with van der Waals surface area (Å²) in [6.45, 7) is 3.90. The maximum Gasteiger partial charge on any atom is 0.228 e. The van der Waals surface area contributed by atoms with E-state index in [0.717, 1.165) is 7.89 Å². The summed E-state index contributed by atoms with van der Waals surface area (Å²) in [7, 11) is 0. The molecule has 0 saturated carbocycles.